The molecule has 0 radical (unpaired) electrons. The number of nitrogens with two attached hydrogens (primary N) is 1. The Morgan fingerprint density at radius 3 is 2.36 bits per heavy atom. The number of thiocarbonyl (C=S) groups is 1. The average molecular weight is 466 g/mol. The van der Waals surface area contributed by atoms with Crippen LogP contribution < -0.4 is 20.5 Å². The average Bonchev–Trinajstić information content (AvgIpc) is 3.03. The normalized spacial score (nSPS) is 12.0. The number of benzene rings is 1. The summed E-state index contributed by atoms with van der Waals surface area (Å²) in [4.78, 5) is 1.96. The van der Waals surface area contributed by atoms with Crippen LogP contribution in [0.4, 0.5) is 10.8 Å². The van der Waals surface area contributed by atoms with E-state index in [2.05, 4.69) is 25.6 Å². The van der Waals surface area contributed by atoms with Crippen LogP contribution in [-0.4, -0.2) is 64.2 Å². The van der Waals surface area contributed by atoms with E-state index in [0.717, 1.165) is 6.54 Å². The lowest BCUT2D eigenvalue weighted by atomic mass is 10.3. The molecule has 0 spiro atoms. The molecule has 15 heteroatoms. The first kappa shape index (κ1) is 22.4. The van der Waals surface area contributed by atoms with Crippen LogP contribution in [0.15, 0.2) is 33.5 Å². The molecular formula is C13H19N7O4S4. The summed E-state index contributed by atoms with van der Waals surface area (Å²) < 4.78 is 48.8. The highest BCUT2D eigenvalue weighted by Gasteiger charge is 2.20. The van der Waals surface area contributed by atoms with Gasteiger partial charge in [-0.05, 0) is 50.6 Å². The summed E-state index contributed by atoms with van der Waals surface area (Å²) in [6, 6.07) is 5.83. The molecule has 0 amide bonds. The first-order chi connectivity index (χ1) is 13.0. The maximum atomic E-state index is 12.4. The molecule has 1 aromatic carbocycles. The van der Waals surface area contributed by atoms with E-state index in [4.69, 9.17) is 17.4 Å². The van der Waals surface area contributed by atoms with Gasteiger partial charge in [-0.1, -0.05) is 11.3 Å². The van der Waals surface area contributed by atoms with Gasteiger partial charge in [-0.3, -0.25) is 4.72 Å². The number of nitrogens with zero attached hydrogens (tertiary/aromatic N) is 3. The summed E-state index contributed by atoms with van der Waals surface area (Å²) in [5.74, 6) is 0. The van der Waals surface area contributed by atoms with Gasteiger partial charge in [0.2, 0.25) is 9.47 Å². The zero-order valence-electron chi connectivity index (χ0n) is 14.9. The molecule has 0 aliphatic rings. The predicted octanol–water partition coefficient (Wildman–Crippen LogP) is -0.166. The fraction of sp³-hybridized carbons (Fsp3) is 0.308. The molecule has 0 fully saturated rings. The van der Waals surface area contributed by atoms with E-state index in [0.29, 0.717) is 28.7 Å². The summed E-state index contributed by atoms with van der Waals surface area (Å²) in [6.07, 6.45) is 0. The number of primary sulfonamides is 1. The van der Waals surface area contributed by atoms with Gasteiger partial charge in [-0.25, -0.2) is 22.0 Å². The van der Waals surface area contributed by atoms with Crippen molar-refractivity contribution in [2.24, 2.45) is 5.14 Å². The Balaban J connectivity index is 2.01. The monoisotopic (exact) mass is 465 g/mol. The molecule has 0 aliphatic carbocycles. The number of nitrogens with one attached hydrogen (secondary N) is 3. The van der Waals surface area contributed by atoms with E-state index in [1.807, 2.05) is 19.0 Å². The first-order valence-electron chi connectivity index (χ1n) is 7.66. The number of hydrogen-bond donors (Lipinski definition) is 4. The first-order valence-corrected chi connectivity index (χ1v) is 11.9. The van der Waals surface area contributed by atoms with Crippen LogP contribution in [0.2, 0.25) is 0 Å². The van der Waals surface area contributed by atoms with E-state index < -0.39 is 24.4 Å². The SMILES string of the molecule is CN(C)CCNC(=S)Nc1ccc(S(=O)(=O)Nc2nnc(S(N)(=O)=O)s2)cc1. The Kier molecular flexibility index (Phi) is 7.24. The molecule has 5 N–H and O–H groups in total. The van der Waals surface area contributed by atoms with Crippen molar-refractivity contribution in [3.05, 3.63) is 24.3 Å². The van der Waals surface area contributed by atoms with Crippen LogP contribution in [0.3, 0.4) is 0 Å². The lowest BCUT2D eigenvalue weighted by molar-refractivity contribution is 0.413. The summed E-state index contributed by atoms with van der Waals surface area (Å²) in [5, 5.41) is 17.9. The third-order valence-electron chi connectivity index (χ3n) is 3.14. The number of aromatic nitrogens is 2. The molecule has 0 bridgehead atoms. The van der Waals surface area contributed by atoms with Gasteiger partial charge >= 0.3 is 0 Å². The molecule has 0 saturated carbocycles. The Hall–Kier alpha value is -1.91. The van der Waals surface area contributed by atoms with Crippen LogP contribution in [0, 0.1) is 0 Å². The van der Waals surface area contributed by atoms with Crippen molar-refractivity contribution < 1.29 is 16.8 Å². The van der Waals surface area contributed by atoms with Crippen molar-refractivity contribution >= 4 is 59.5 Å². The molecule has 0 atom stereocenters. The van der Waals surface area contributed by atoms with Crippen molar-refractivity contribution in [2.45, 2.75) is 9.24 Å². The van der Waals surface area contributed by atoms with Crippen molar-refractivity contribution in [1.29, 1.82) is 0 Å². The standard InChI is InChI=1S/C13H19N7O4S4/c1-20(2)8-7-15-11(25)16-9-3-5-10(6-4-9)28(23,24)19-12-17-18-13(26-12)27(14,21)22/h3-6H,7-8H2,1-2H3,(H,17,19)(H2,14,21,22)(H2,15,16,25). The van der Waals surface area contributed by atoms with Gasteiger partial charge < -0.3 is 15.5 Å². The number of hydrogen-bond acceptors (Lipinski definition) is 9. The maximum Gasteiger partial charge on any atom is 0.267 e. The molecule has 28 heavy (non-hydrogen) atoms. The Morgan fingerprint density at radius 2 is 1.82 bits per heavy atom. The van der Waals surface area contributed by atoms with Gasteiger partial charge in [0, 0.05) is 18.8 Å². The largest absolute Gasteiger partial charge is 0.361 e. The third-order valence-corrected chi connectivity index (χ3v) is 7.02. The Morgan fingerprint density at radius 1 is 1.18 bits per heavy atom. The molecule has 0 saturated heterocycles. The highest BCUT2D eigenvalue weighted by Crippen LogP contribution is 2.22. The topological polar surface area (TPSA) is 159 Å². The molecular weight excluding hydrogens is 446 g/mol. The van der Waals surface area contributed by atoms with Gasteiger partial charge in [-0.15, -0.1) is 10.2 Å². The van der Waals surface area contributed by atoms with Crippen molar-refractivity contribution in [3.8, 4) is 0 Å². The molecule has 11 nitrogen and oxygen atoms in total. The van der Waals surface area contributed by atoms with Gasteiger partial charge in [0.05, 0.1) is 4.90 Å². The minimum Gasteiger partial charge on any atom is -0.361 e. The second-order valence-corrected chi connectivity index (χ2v) is 10.5. The second kappa shape index (κ2) is 9.06. The van der Waals surface area contributed by atoms with Crippen molar-refractivity contribution in [2.75, 3.05) is 37.2 Å². The Labute approximate surface area is 172 Å². The number of rotatable bonds is 8. The molecule has 2 aromatic rings. The third kappa shape index (κ3) is 6.61. The van der Waals surface area contributed by atoms with Crippen LogP contribution in [0.25, 0.3) is 0 Å². The lowest BCUT2D eigenvalue weighted by Gasteiger charge is -2.13. The van der Waals surface area contributed by atoms with Crippen LogP contribution in [0.5, 0.6) is 0 Å². The minimum absolute atomic E-state index is 0.0445. The fourth-order valence-electron chi connectivity index (χ4n) is 1.83. The zero-order valence-corrected chi connectivity index (χ0v) is 18.2. The van der Waals surface area contributed by atoms with Gasteiger partial charge in [0.25, 0.3) is 20.0 Å². The zero-order chi connectivity index (χ0) is 20.9. The fourth-order valence-corrected chi connectivity index (χ4v) is 4.61. The van der Waals surface area contributed by atoms with Crippen molar-refractivity contribution in [1.82, 2.24) is 20.4 Å². The highest BCUT2D eigenvalue weighted by atomic mass is 32.2. The van der Waals surface area contributed by atoms with Crippen LogP contribution in [0.1, 0.15) is 0 Å². The molecule has 1 heterocycles. The summed E-state index contributed by atoms with van der Waals surface area (Å²) in [7, 11) is -4.13. The van der Waals surface area contributed by atoms with E-state index >= 15 is 0 Å². The smallest absolute Gasteiger partial charge is 0.267 e. The number of sulfonamides is 2. The Bertz CT molecular complexity index is 1030. The van der Waals surface area contributed by atoms with Crippen molar-refractivity contribution in [3.63, 3.8) is 0 Å². The lowest BCUT2D eigenvalue weighted by Crippen LogP contribution is -2.34. The second-order valence-electron chi connectivity index (χ2n) is 5.73. The van der Waals surface area contributed by atoms with Crippen LogP contribution >= 0.6 is 23.6 Å². The predicted molar refractivity (Wildman–Crippen MR) is 111 cm³/mol. The van der Waals surface area contributed by atoms with Crippen LogP contribution in [-0.2, 0) is 20.0 Å². The highest BCUT2D eigenvalue weighted by molar-refractivity contribution is 7.93. The van der Waals surface area contributed by atoms with E-state index in [1.165, 1.54) is 12.1 Å². The number of likely N-dealkylation sites (N-methyl/N-ethyl adjacent to an activating group) is 1. The quantitative estimate of drug-likeness (QED) is 0.386. The van der Waals surface area contributed by atoms with Gasteiger partial charge in [0.1, 0.15) is 0 Å². The molecule has 154 valence electrons. The summed E-state index contributed by atoms with van der Waals surface area (Å²) in [6.45, 7) is 1.47. The summed E-state index contributed by atoms with van der Waals surface area (Å²) >= 11 is 5.68. The van der Waals surface area contributed by atoms with E-state index in [-0.39, 0.29) is 10.0 Å². The number of anilines is 2. The van der Waals surface area contributed by atoms with E-state index in [9.17, 15) is 16.8 Å². The van der Waals surface area contributed by atoms with Gasteiger partial charge in [-0.2, -0.15) is 0 Å². The minimum atomic E-state index is -4.05. The molecule has 1 aromatic heterocycles. The molecule has 0 aliphatic heterocycles. The van der Waals surface area contributed by atoms with E-state index in [1.54, 1.807) is 12.1 Å². The molecule has 0 unspecified atom stereocenters. The summed E-state index contributed by atoms with van der Waals surface area (Å²) in [5.41, 5.74) is 0.605. The maximum absolute atomic E-state index is 12.4. The van der Waals surface area contributed by atoms with Gasteiger partial charge in [0.15, 0.2) is 5.11 Å². The molecule has 2 rings (SSSR count).